The Kier molecular flexibility index (Phi) is 4.03. The summed E-state index contributed by atoms with van der Waals surface area (Å²) in [6, 6.07) is 1.89. The van der Waals surface area contributed by atoms with Crippen LogP contribution in [-0.4, -0.2) is 39.4 Å². The van der Waals surface area contributed by atoms with Crippen LogP contribution in [0.15, 0.2) is 12.4 Å². The van der Waals surface area contributed by atoms with Crippen molar-refractivity contribution in [2.24, 2.45) is 5.41 Å². The normalized spacial score (nSPS) is 16.8. The number of imidazole rings is 1. The summed E-state index contributed by atoms with van der Waals surface area (Å²) in [5, 5.41) is 0. The molecule has 3 rings (SSSR count). The number of aromatic nitrogens is 3. The summed E-state index contributed by atoms with van der Waals surface area (Å²) in [7, 11) is 0. The Labute approximate surface area is 140 Å². The number of rotatable bonds is 4. The van der Waals surface area contributed by atoms with E-state index >= 15 is 0 Å². The first-order chi connectivity index (χ1) is 11.4. The molecule has 2 aromatic rings. The Bertz CT molecular complexity index is 810. The van der Waals surface area contributed by atoms with Gasteiger partial charge in [0.25, 0.3) is 0 Å². The second kappa shape index (κ2) is 5.89. The third-order valence-electron chi connectivity index (χ3n) is 4.46. The van der Waals surface area contributed by atoms with E-state index in [9.17, 15) is 9.59 Å². The van der Waals surface area contributed by atoms with Crippen LogP contribution in [0, 0.1) is 5.41 Å². The van der Waals surface area contributed by atoms with E-state index in [1.807, 2.05) is 26.8 Å². The number of esters is 1. The fourth-order valence-electron chi connectivity index (χ4n) is 2.96. The summed E-state index contributed by atoms with van der Waals surface area (Å²) in [6.45, 7) is 8.54. The van der Waals surface area contributed by atoms with Crippen molar-refractivity contribution in [3.63, 3.8) is 0 Å². The van der Waals surface area contributed by atoms with Crippen molar-refractivity contribution < 1.29 is 14.3 Å². The van der Waals surface area contributed by atoms with Crippen molar-refractivity contribution in [2.75, 3.05) is 18.1 Å². The number of fused-ring (bicyclic) bond motifs is 1. The minimum Gasteiger partial charge on any atom is -0.461 e. The Morgan fingerprint density at radius 3 is 2.71 bits per heavy atom. The van der Waals surface area contributed by atoms with Gasteiger partial charge >= 0.3 is 5.97 Å². The minimum atomic E-state index is -0.500. The van der Waals surface area contributed by atoms with Crippen LogP contribution < -0.4 is 4.90 Å². The topological polar surface area (TPSA) is 76.8 Å². The van der Waals surface area contributed by atoms with Crippen molar-refractivity contribution in [2.45, 2.75) is 40.5 Å². The average molecular weight is 330 g/mol. The van der Waals surface area contributed by atoms with E-state index in [1.165, 1.54) is 0 Å². The second-order valence-electron chi connectivity index (χ2n) is 6.56. The van der Waals surface area contributed by atoms with E-state index in [0.29, 0.717) is 18.0 Å². The van der Waals surface area contributed by atoms with Gasteiger partial charge in [0.1, 0.15) is 12.1 Å². The molecule has 0 atom stereocenters. The molecule has 1 fully saturated rings. The third-order valence-corrected chi connectivity index (χ3v) is 4.46. The van der Waals surface area contributed by atoms with Gasteiger partial charge in [0.2, 0.25) is 5.91 Å². The van der Waals surface area contributed by atoms with Gasteiger partial charge in [-0.3, -0.25) is 14.1 Å². The highest BCUT2D eigenvalue weighted by Gasteiger charge is 2.40. The smallest absolute Gasteiger partial charge is 0.360 e. The van der Waals surface area contributed by atoms with E-state index in [0.717, 1.165) is 18.5 Å². The lowest BCUT2D eigenvalue weighted by Crippen LogP contribution is -2.31. The number of ether oxygens (including phenoxy) is 1. The van der Waals surface area contributed by atoms with Crippen molar-refractivity contribution in [3.8, 4) is 0 Å². The number of carbonyl (C=O) groups excluding carboxylic acids is 2. The van der Waals surface area contributed by atoms with E-state index in [-0.39, 0.29) is 23.6 Å². The van der Waals surface area contributed by atoms with Gasteiger partial charge in [-0.1, -0.05) is 20.8 Å². The fourth-order valence-corrected chi connectivity index (χ4v) is 2.96. The molecular formula is C17H22N4O3. The lowest BCUT2D eigenvalue weighted by atomic mass is 9.92. The molecule has 0 aliphatic carbocycles. The van der Waals surface area contributed by atoms with E-state index in [1.54, 1.807) is 22.6 Å². The van der Waals surface area contributed by atoms with Crippen LogP contribution in [0.25, 0.3) is 5.65 Å². The predicted molar refractivity (Wildman–Crippen MR) is 89.1 cm³/mol. The monoisotopic (exact) mass is 330 g/mol. The quantitative estimate of drug-likeness (QED) is 0.804. The number of amides is 1. The average Bonchev–Trinajstić information content (AvgIpc) is 3.08. The van der Waals surface area contributed by atoms with Crippen LogP contribution in [0.4, 0.5) is 5.82 Å². The Hall–Kier alpha value is -2.44. The maximum Gasteiger partial charge on any atom is 0.360 e. The molecule has 0 spiro atoms. The van der Waals surface area contributed by atoms with Crippen molar-refractivity contribution in [1.29, 1.82) is 0 Å². The molecule has 1 saturated heterocycles. The summed E-state index contributed by atoms with van der Waals surface area (Å²) in [4.78, 5) is 35.1. The molecule has 0 N–H and O–H groups in total. The molecule has 0 aromatic carbocycles. The SMILES string of the molecule is CCOC(=O)c1ncn2c(CC)cc(N3CCC(C)(C)C3=O)nc12. The molecular weight excluding hydrogens is 308 g/mol. The van der Waals surface area contributed by atoms with Crippen LogP contribution in [0.5, 0.6) is 0 Å². The number of nitrogens with zero attached hydrogens (tertiary/aromatic N) is 4. The third kappa shape index (κ3) is 2.53. The molecule has 0 radical (unpaired) electrons. The maximum absolute atomic E-state index is 12.6. The standard InChI is InChI=1S/C17H22N4O3/c1-5-11-9-12(20-8-7-17(3,4)16(20)23)19-14-13(15(22)24-6-2)18-10-21(11)14/h9-10H,5-8H2,1-4H3. The van der Waals surface area contributed by atoms with Crippen LogP contribution in [-0.2, 0) is 16.0 Å². The first-order valence-electron chi connectivity index (χ1n) is 8.25. The zero-order valence-corrected chi connectivity index (χ0v) is 14.5. The molecule has 24 heavy (non-hydrogen) atoms. The van der Waals surface area contributed by atoms with E-state index < -0.39 is 5.97 Å². The highest BCUT2D eigenvalue weighted by Crippen LogP contribution is 2.34. The van der Waals surface area contributed by atoms with Gasteiger partial charge in [-0.15, -0.1) is 0 Å². The van der Waals surface area contributed by atoms with Crippen molar-refractivity contribution >= 4 is 23.3 Å². The van der Waals surface area contributed by atoms with Gasteiger partial charge in [0.05, 0.1) is 6.61 Å². The molecule has 0 saturated carbocycles. The summed E-state index contributed by atoms with van der Waals surface area (Å²) < 4.78 is 6.83. The van der Waals surface area contributed by atoms with E-state index in [2.05, 4.69) is 9.97 Å². The number of hydrogen-bond donors (Lipinski definition) is 0. The number of hydrogen-bond acceptors (Lipinski definition) is 5. The summed E-state index contributed by atoms with van der Waals surface area (Å²) >= 11 is 0. The van der Waals surface area contributed by atoms with Crippen LogP contribution in [0.1, 0.15) is 50.3 Å². The van der Waals surface area contributed by atoms with Crippen LogP contribution in [0.3, 0.4) is 0 Å². The lowest BCUT2D eigenvalue weighted by Gasteiger charge is -2.19. The van der Waals surface area contributed by atoms with Gasteiger partial charge in [-0.25, -0.2) is 14.8 Å². The highest BCUT2D eigenvalue weighted by atomic mass is 16.5. The highest BCUT2D eigenvalue weighted by molar-refractivity contribution is 5.99. The number of aryl methyl sites for hydroxylation is 1. The van der Waals surface area contributed by atoms with Gasteiger partial charge in [-0.2, -0.15) is 0 Å². The lowest BCUT2D eigenvalue weighted by molar-refractivity contribution is -0.124. The van der Waals surface area contributed by atoms with E-state index in [4.69, 9.17) is 4.74 Å². The molecule has 2 aromatic heterocycles. The Balaban J connectivity index is 2.12. The minimum absolute atomic E-state index is 0.0543. The van der Waals surface area contributed by atoms with Crippen LogP contribution in [0.2, 0.25) is 0 Å². The first kappa shape index (κ1) is 16.4. The molecule has 7 nitrogen and oxygen atoms in total. The first-order valence-corrected chi connectivity index (χ1v) is 8.25. The molecule has 3 heterocycles. The van der Waals surface area contributed by atoms with Gasteiger partial charge < -0.3 is 4.74 Å². The summed E-state index contributed by atoms with van der Waals surface area (Å²) in [5.41, 5.74) is 1.17. The zero-order chi connectivity index (χ0) is 17.5. The number of carbonyl (C=O) groups is 2. The Morgan fingerprint density at radius 2 is 2.12 bits per heavy atom. The zero-order valence-electron chi connectivity index (χ0n) is 14.5. The second-order valence-corrected chi connectivity index (χ2v) is 6.56. The molecule has 0 unspecified atom stereocenters. The predicted octanol–water partition coefficient (Wildman–Crippen LogP) is 2.23. The molecule has 1 amide bonds. The molecule has 1 aliphatic rings. The maximum atomic E-state index is 12.6. The van der Waals surface area contributed by atoms with Gasteiger partial charge in [0, 0.05) is 23.7 Å². The largest absolute Gasteiger partial charge is 0.461 e. The Morgan fingerprint density at radius 1 is 1.38 bits per heavy atom. The number of anilines is 1. The van der Waals surface area contributed by atoms with Crippen LogP contribution >= 0.6 is 0 Å². The van der Waals surface area contributed by atoms with Gasteiger partial charge in [-0.05, 0) is 19.8 Å². The molecule has 0 bridgehead atoms. The van der Waals surface area contributed by atoms with Gasteiger partial charge in [0.15, 0.2) is 11.3 Å². The fraction of sp³-hybridized carbons (Fsp3) is 0.529. The molecule has 1 aliphatic heterocycles. The van der Waals surface area contributed by atoms with Crippen molar-refractivity contribution in [3.05, 3.63) is 23.8 Å². The summed E-state index contributed by atoms with van der Waals surface area (Å²) in [6.07, 6.45) is 3.09. The van der Waals surface area contributed by atoms with Crippen molar-refractivity contribution in [1.82, 2.24) is 14.4 Å². The molecule has 128 valence electrons. The molecule has 7 heteroatoms. The summed E-state index contributed by atoms with van der Waals surface area (Å²) in [5.74, 6) is 0.124.